The summed E-state index contributed by atoms with van der Waals surface area (Å²) in [5.41, 5.74) is 4.86. The van der Waals surface area contributed by atoms with Crippen molar-refractivity contribution < 1.29 is 4.42 Å². The Morgan fingerprint density at radius 1 is 1.32 bits per heavy atom. The normalized spacial score (nSPS) is 10.9. The molecule has 0 saturated carbocycles. The number of nitrogens with one attached hydrogen (secondary N) is 1. The molecule has 0 spiro atoms. The van der Waals surface area contributed by atoms with E-state index in [4.69, 9.17) is 10.3 Å². The van der Waals surface area contributed by atoms with E-state index in [2.05, 4.69) is 15.5 Å². The van der Waals surface area contributed by atoms with Gasteiger partial charge in [0.05, 0.1) is 5.69 Å². The minimum Gasteiger partial charge on any atom is -0.421 e. The molecule has 25 heavy (non-hydrogen) atoms. The second kappa shape index (κ2) is 8.29. The fourth-order valence-corrected chi connectivity index (χ4v) is 2.28. The molecule has 3 N–H and O–H groups in total. The molecule has 134 valence electrons. The number of hydrogen-bond donors (Lipinski definition) is 2. The SMILES string of the molecule is CCC(CC)=NN(N)c1ccc2cc(N(C)NC=NC)c(=O)oc2c1. The number of anilines is 2. The number of rotatable bonds is 7. The number of hydrazone groups is 1. The fourth-order valence-electron chi connectivity index (χ4n) is 2.28. The predicted molar refractivity (Wildman–Crippen MR) is 103 cm³/mol. The van der Waals surface area contributed by atoms with E-state index in [1.807, 2.05) is 26.0 Å². The lowest BCUT2D eigenvalue weighted by Gasteiger charge is -2.18. The van der Waals surface area contributed by atoms with E-state index in [-0.39, 0.29) is 0 Å². The van der Waals surface area contributed by atoms with Crippen molar-refractivity contribution in [3.8, 4) is 0 Å². The van der Waals surface area contributed by atoms with Crippen LogP contribution in [0.15, 0.2) is 43.6 Å². The standard InChI is InChI=1S/C17H24N6O2/c1-5-13(6-2)21-23(18)14-8-7-12-9-15(22(4)20-11-19-3)17(24)25-16(12)10-14/h7-11H,5-6,18H2,1-4H3,(H,19,20). The van der Waals surface area contributed by atoms with Crippen LogP contribution in [0.2, 0.25) is 0 Å². The van der Waals surface area contributed by atoms with Gasteiger partial charge in [0, 0.05) is 31.3 Å². The predicted octanol–water partition coefficient (Wildman–Crippen LogP) is 2.25. The summed E-state index contributed by atoms with van der Waals surface area (Å²) < 4.78 is 5.43. The molecule has 1 aromatic heterocycles. The highest BCUT2D eigenvalue weighted by Gasteiger charge is 2.11. The number of nitrogens with zero attached hydrogens (tertiary/aromatic N) is 4. The number of fused-ring (bicyclic) bond motifs is 1. The summed E-state index contributed by atoms with van der Waals surface area (Å²) in [5, 5.41) is 8.00. The molecule has 0 aliphatic heterocycles. The third-order valence-electron chi connectivity index (χ3n) is 3.77. The maximum absolute atomic E-state index is 12.2. The Bertz CT molecular complexity index is 837. The second-order valence-corrected chi connectivity index (χ2v) is 5.43. The van der Waals surface area contributed by atoms with Gasteiger partial charge < -0.3 is 4.42 Å². The highest BCUT2D eigenvalue weighted by atomic mass is 16.4. The lowest BCUT2D eigenvalue weighted by atomic mass is 10.2. The first-order valence-corrected chi connectivity index (χ1v) is 8.09. The van der Waals surface area contributed by atoms with Gasteiger partial charge in [-0.25, -0.2) is 10.6 Å². The van der Waals surface area contributed by atoms with Crippen LogP contribution in [0, 0.1) is 0 Å². The molecule has 0 radical (unpaired) electrons. The van der Waals surface area contributed by atoms with Gasteiger partial charge >= 0.3 is 5.63 Å². The lowest BCUT2D eigenvalue weighted by Crippen LogP contribution is -2.36. The molecular formula is C17H24N6O2. The lowest BCUT2D eigenvalue weighted by molar-refractivity contribution is 0.558. The van der Waals surface area contributed by atoms with Gasteiger partial charge in [0.25, 0.3) is 0 Å². The van der Waals surface area contributed by atoms with E-state index in [0.29, 0.717) is 17.0 Å². The molecule has 0 atom stereocenters. The zero-order chi connectivity index (χ0) is 18.4. The first kappa shape index (κ1) is 18.5. The Balaban J connectivity index is 2.38. The highest BCUT2D eigenvalue weighted by molar-refractivity contribution is 5.86. The number of nitrogens with two attached hydrogens (primary N) is 1. The molecule has 0 aliphatic carbocycles. The Morgan fingerprint density at radius 3 is 2.68 bits per heavy atom. The zero-order valence-corrected chi connectivity index (χ0v) is 15.0. The molecule has 0 unspecified atom stereocenters. The summed E-state index contributed by atoms with van der Waals surface area (Å²) in [6.07, 6.45) is 3.14. The summed E-state index contributed by atoms with van der Waals surface area (Å²) in [4.78, 5) is 16.0. The minimum atomic E-state index is -0.459. The zero-order valence-electron chi connectivity index (χ0n) is 15.0. The van der Waals surface area contributed by atoms with Crippen LogP contribution in [0.25, 0.3) is 11.0 Å². The van der Waals surface area contributed by atoms with Gasteiger partial charge in [0.1, 0.15) is 17.6 Å². The van der Waals surface area contributed by atoms with Crippen molar-refractivity contribution >= 4 is 34.4 Å². The maximum atomic E-state index is 12.2. The molecular weight excluding hydrogens is 320 g/mol. The van der Waals surface area contributed by atoms with Crippen molar-refractivity contribution in [3.63, 3.8) is 0 Å². The molecule has 1 heterocycles. The smallest absolute Gasteiger partial charge is 0.361 e. The molecule has 8 heteroatoms. The highest BCUT2D eigenvalue weighted by Crippen LogP contribution is 2.22. The first-order valence-electron chi connectivity index (χ1n) is 8.09. The summed E-state index contributed by atoms with van der Waals surface area (Å²) in [6, 6.07) is 7.12. The summed E-state index contributed by atoms with van der Waals surface area (Å²) in [5.74, 6) is 6.00. The average molecular weight is 344 g/mol. The average Bonchev–Trinajstić information content (AvgIpc) is 2.62. The van der Waals surface area contributed by atoms with E-state index in [1.165, 1.54) is 11.5 Å². The van der Waals surface area contributed by atoms with Crippen LogP contribution in [-0.4, -0.2) is 26.1 Å². The molecule has 0 bridgehead atoms. The number of aliphatic imine (C=N–C) groups is 1. The molecule has 0 saturated heterocycles. The van der Waals surface area contributed by atoms with Gasteiger partial charge in [-0.1, -0.05) is 13.8 Å². The van der Waals surface area contributed by atoms with E-state index in [1.54, 1.807) is 31.2 Å². The Hall–Kier alpha value is -2.87. The Labute approximate surface area is 146 Å². The molecule has 2 aromatic rings. The molecule has 1 aromatic carbocycles. The van der Waals surface area contributed by atoms with Crippen LogP contribution in [-0.2, 0) is 0 Å². The second-order valence-electron chi connectivity index (χ2n) is 5.43. The van der Waals surface area contributed by atoms with E-state index in [9.17, 15) is 4.79 Å². The molecule has 8 nitrogen and oxygen atoms in total. The third-order valence-corrected chi connectivity index (χ3v) is 3.77. The van der Waals surface area contributed by atoms with Crippen LogP contribution in [0.5, 0.6) is 0 Å². The summed E-state index contributed by atoms with van der Waals surface area (Å²) in [6.45, 7) is 4.07. The van der Waals surface area contributed by atoms with Gasteiger partial charge in [-0.2, -0.15) is 10.2 Å². The van der Waals surface area contributed by atoms with Gasteiger partial charge in [-0.3, -0.25) is 15.4 Å². The summed E-state index contributed by atoms with van der Waals surface area (Å²) >= 11 is 0. The van der Waals surface area contributed by atoms with Crippen molar-refractivity contribution in [2.45, 2.75) is 26.7 Å². The topological polar surface area (TPSA) is 99.5 Å². The fraction of sp³-hybridized carbons (Fsp3) is 0.353. The van der Waals surface area contributed by atoms with Gasteiger partial charge in [-0.05, 0) is 31.0 Å². The number of hydrogen-bond acceptors (Lipinski definition) is 7. The molecule has 0 amide bonds. The maximum Gasteiger partial charge on any atom is 0.361 e. The quantitative estimate of drug-likeness (QED) is 0.263. The number of hydrazine groups is 2. The van der Waals surface area contributed by atoms with Crippen molar-refractivity contribution in [3.05, 3.63) is 34.7 Å². The third kappa shape index (κ3) is 4.36. The van der Waals surface area contributed by atoms with E-state index in [0.717, 1.165) is 23.9 Å². The Morgan fingerprint density at radius 2 is 2.04 bits per heavy atom. The molecule has 0 aliphatic rings. The van der Waals surface area contributed by atoms with Crippen LogP contribution in [0.3, 0.4) is 0 Å². The monoisotopic (exact) mass is 344 g/mol. The van der Waals surface area contributed by atoms with Gasteiger partial charge in [-0.15, -0.1) is 0 Å². The van der Waals surface area contributed by atoms with Crippen molar-refractivity contribution in [1.82, 2.24) is 5.43 Å². The summed E-state index contributed by atoms with van der Waals surface area (Å²) in [7, 11) is 3.34. The van der Waals surface area contributed by atoms with Crippen LogP contribution in [0.1, 0.15) is 26.7 Å². The van der Waals surface area contributed by atoms with Gasteiger partial charge in [0.2, 0.25) is 0 Å². The number of benzene rings is 1. The van der Waals surface area contributed by atoms with Crippen LogP contribution < -0.4 is 27.0 Å². The minimum absolute atomic E-state index is 0.377. The van der Waals surface area contributed by atoms with Crippen molar-refractivity contribution in [2.75, 3.05) is 24.2 Å². The van der Waals surface area contributed by atoms with E-state index < -0.39 is 5.63 Å². The van der Waals surface area contributed by atoms with Crippen LogP contribution in [0.4, 0.5) is 11.4 Å². The first-order chi connectivity index (χ1) is 12.0. The van der Waals surface area contributed by atoms with E-state index >= 15 is 0 Å². The Kier molecular flexibility index (Phi) is 6.13. The molecule has 0 fully saturated rings. The van der Waals surface area contributed by atoms with Crippen LogP contribution >= 0.6 is 0 Å². The molecule has 2 rings (SSSR count). The van der Waals surface area contributed by atoms with Crippen molar-refractivity contribution in [2.24, 2.45) is 15.9 Å². The largest absolute Gasteiger partial charge is 0.421 e. The van der Waals surface area contributed by atoms with Gasteiger partial charge in [0.15, 0.2) is 0 Å². The van der Waals surface area contributed by atoms with Crippen molar-refractivity contribution in [1.29, 1.82) is 0 Å².